The molecule has 0 radical (unpaired) electrons. The molecule has 1 amide bonds. The molecule has 28 heavy (non-hydrogen) atoms. The summed E-state index contributed by atoms with van der Waals surface area (Å²) in [4.78, 5) is 22.4. The van der Waals surface area contributed by atoms with Crippen LogP contribution in [0.5, 0.6) is 0 Å². The molecular weight excluding hydrogens is 393 g/mol. The monoisotopic (exact) mass is 415 g/mol. The van der Waals surface area contributed by atoms with Gasteiger partial charge in [-0.2, -0.15) is 0 Å². The first-order valence-electron chi connectivity index (χ1n) is 9.28. The predicted octanol–water partition coefficient (Wildman–Crippen LogP) is 4.49. The number of thiazole rings is 1. The number of hydrogen-bond acceptors (Lipinski definition) is 5. The van der Waals surface area contributed by atoms with E-state index < -0.39 is 0 Å². The molecule has 3 aromatic rings. The van der Waals surface area contributed by atoms with Gasteiger partial charge in [0.1, 0.15) is 5.82 Å². The van der Waals surface area contributed by atoms with Crippen LogP contribution in [0.25, 0.3) is 10.2 Å². The molecule has 1 fully saturated rings. The lowest BCUT2D eigenvalue weighted by Gasteiger charge is -2.34. The van der Waals surface area contributed by atoms with E-state index in [0.717, 1.165) is 28.6 Å². The van der Waals surface area contributed by atoms with Crippen molar-refractivity contribution < 1.29 is 9.18 Å². The van der Waals surface area contributed by atoms with Crippen LogP contribution in [0.1, 0.15) is 11.1 Å². The van der Waals surface area contributed by atoms with Gasteiger partial charge in [0.2, 0.25) is 5.91 Å². The fourth-order valence-corrected chi connectivity index (χ4v) is 5.40. The third-order valence-electron chi connectivity index (χ3n) is 4.90. The summed E-state index contributed by atoms with van der Waals surface area (Å²) in [6.07, 6.45) is 0. The van der Waals surface area contributed by atoms with Gasteiger partial charge in [0.15, 0.2) is 5.13 Å². The summed E-state index contributed by atoms with van der Waals surface area (Å²) in [5, 5.41) is 1.04. The fourth-order valence-electron chi connectivity index (χ4n) is 3.41. The summed E-state index contributed by atoms with van der Waals surface area (Å²) < 4.78 is 14.2. The number of carbonyl (C=O) groups excluding carboxylic acids is 1. The standard InChI is InChI=1S/C21H22FN3OS2/c1-14-11-15(2)20-18(12-14)28-21(23-20)25-9-7-24(8-10-25)19(26)13-27-17-5-3-16(22)4-6-17/h3-6,11-12H,7-10,13H2,1-2H3. The molecule has 0 saturated carbocycles. The summed E-state index contributed by atoms with van der Waals surface area (Å²) in [6, 6.07) is 10.6. The summed E-state index contributed by atoms with van der Waals surface area (Å²) in [7, 11) is 0. The molecule has 0 spiro atoms. The van der Waals surface area contributed by atoms with Gasteiger partial charge in [0.25, 0.3) is 0 Å². The second-order valence-electron chi connectivity index (χ2n) is 7.04. The van der Waals surface area contributed by atoms with E-state index in [4.69, 9.17) is 4.98 Å². The smallest absolute Gasteiger partial charge is 0.233 e. The highest BCUT2D eigenvalue weighted by molar-refractivity contribution is 8.00. The Bertz CT molecular complexity index is 995. The molecule has 0 aliphatic carbocycles. The molecule has 7 heteroatoms. The molecule has 1 aliphatic heterocycles. The van der Waals surface area contributed by atoms with Gasteiger partial charge in [-0.3, -0.25) is 4.79 Å². The van der Waals surface area contributed by atoms with Gasteiger partial charge in [0.05, 0.1) is 16.0 Å². The lowest BCUT2D eigenvalue weighted by Crippen LogP contribution is -2.49. The van der Waals surface area contributed by atoms with Crippen LogP contribution >= 0.6 is 23.1 Å². The van der Waals surface area contributed by atoms with Crippen LogP contribution in [0.2, 0.25) is 0 Å². The van der Waals surface area contributed by atoms with E-state index in [-0.39, 0.29) is 11.7 Å². The quantitative estimate of drug-likeness (QED) is 0.588. The van der Waals surface area contributed by atoms with Crippen LogP contribution < -0.4 is 4.90 Å². The number of aromatic nitrogens is 1. The first-order valence-corrected chi connectivity index (χ1v) is 11.1. The van der Waals surface area contributed by atoms with E-state index in [1.807, 2.05) is 4.90 Å². The third-order valence-corrected chi connectivity index (χ3v) is 6.96. The van der Waals surface area contributed by atoms with Gasteiger partial charge in [-0.05, 0) is 55.3 Å². The predicted molar refractivity (Wildman–Crippen MR) is 115 cm³/mol. The van der Waals surface area contributed by atoms with Crippen molar-refractivity contribution in [2.75, 3.05) is 36.8 Å². The van der Waals surface area contributed by atoms with Gasteiger partial charge < -0.3 is 9.80 Å². The molecule has 0 N–H and O–H groups in total. The second kappa shape index (κ2) is 8.09. The first-order chi connectivity index (χ1) is 13.5. The number of hydrogen-bond donors (Lipinski definition) is 0. The average Bonchev–Trinajstić information content (AvgIpc) is 3.12. The molecule has 2 heterocycles. The van der Waals surface area contributed by atoms with Crippen LogP contribution in [0, 0.1) is 19.7 Å². The Labute approximate surface area is 172 Å². The number of benzene rings is 2. The Morgan fingerprint density at radius 3 is 2.57 bits per heavy atom. The zero-order chi connectivity index (χ0) is 19.7. The molecule has 2 aromatic carbocycles. The number of nitrogens with zero attached hydrogens (tertiary/aromatic N) is 3. The van der Waals surface area contributed by atoms with E-state index in [0.29, 0.717) is 18.8 Å². The molecule has 1 aromatic heterocycles. The number of rotatable bonds is 4. The number of halogens is 1. The highest BCUT2D eigenvalue weighted by Crippen LogP contribution is 2.32. The van der Waals surface area contributed by atoms with Crippen LogP contribution in [0.15, 0.2) is 41.3 Å². The maximum absolute atomic E-state index is 13.0. The second-order valence-corrected chi connectivity index (χ2v) is 9.09. The van der Waals surface area contributed by atoms with Gasteiger partial charge >= 0.3 is 0 Å². The van der Waals surface area contributed by atoms with Crippen molar-refractivity contribution in [3.05, 3.63) is 53.3 Å². The molecular formula is C21H22FN3OS2. The van der Waals surface area contributed by atoms with Crippen molar-refractivity contribution in [3.63, 3.8) is 0 Å². The van der Waals surface area contributed by atoms with Gasteiger partial charge in [-0.1, -0.05) is 17.4 Å². The Hall–Kier alpha value is -2.12. The Kier molecular flexibility index (Phi) is 5.55. The van der Waals surface area contributed by atoms with Crippen molar-refractivity contribution in [1.82, 2.24) is 9.88 Å². The molecule has 1 saturated heterocycles. The minimum Gasteiger partial charge on any atom is -0.345 e. The van der Waals surface area contributed by atoms with Crippen molar-refractivity contribution >= 4 is 44.4 Å². The minimum absolute atomic E-state index is 0.129. The molecule has 4 nitrogen and oxygen atoms in total. The Balaban J connectivity index is 1.34. The molecule has 0 unspecified atom stereocenters. The van der Waals surface area contributed by atoms with Gasteiger partial charge in [-0.25, -0.2) is 9.37 Å². The molecule has 146 valence electrons. The highest BCUT2D eigenvalue weighted by atomic mass is 32.2. The van der Waals surface area contributed by atoms with E-state index in [1.165, 1.54) is 39.7 Å². The zero-order valence-corrected chi connectivity index (χ0v) is 17.6. The minimum atomic E-state index is -0.257. The summed E-state index contributed by atoms with van der Waals surface area (Å²) in [5.74, 6) is 0.252. The van der Waals surface area contributed by atoms with Gasteiger partial charge in [0, 0.05) is 31.1 Å². The Morgan fingerprint density at radius 2 is 1.86 bits per heavy atom. The van der Waals surface area contributed by atoms with Crippen molar-refractivity contribution in [2.24, 2.45) is 0 Å². The normalized spacial score (nSPS) is 14.7. The number of fused-ring (bicyclic) bond motifs is 1. The summed E-state index contributed by atoms with van der Waals surface area (Å²) in [5.41, 5.74) is 3.55. The van der Waals surface area contributed by atoms with E-state index in [9.17, 15) is 9.18 Å². The Morgan fingerprint density at radius 1 is 1.14 bits per heavy atom. The molecule has 1 aliphatic rings. The van der Waals surface area contributed by atoms with Crippen molar-refractivity contribution in [2.45, 2.75) is 18.7 Å². The number of thioether (sulfide) groups is 1. The van der Waals surface area contributed by atoms with E-state index >= 15 is 0 Å². The lowest BCUT2D eigenvalue weighted by atomic mass is 10.1. The number of anilines is 1. The first kappa shape index (κ1) is 19.2. The van der Waals surface area contributed by atoms with Crippen LogP contribution in [0.3, 0.4) is 0 Å². The van der Waals surface area contributed by atoms with Crippen LogP contribution in [-0.4, -0.2) is 47.7 Å². The summed E-state index contributed by atoms with van der Waals surface area (Å²) in [6.45, 7) is 7.22. The average molecular weight is 416 g/mol. The van der Waals surface area contributed by atoms with Crippen LogP contribution in [0.4, 0.5) is 9.52 Å². The number of aryl methyl sites for hydroxylation is 2. The largest absolute Gasteiger partial charge is 0.345 e. The lowest BCUT2D eigenvalue weighted by molar-refractivity contribution is -0.128. The topological polar surface area (TPSA) is 36.4 Å². The van der Waals surface area contributed by atoms with Crippen molar-refractivity contribution in [3.8, 4) is 0 Å². The van der Waals surface area contributed by atoms with E-state index in [1.54, 1.807) is 23.5 Å². The van der Waals surface area contributed by atoms with Crippen molar-refractivity contribution in [1.29, 1.82) is 0 Å². The maximum atomic E-state index is 13.0. The number of amides is 1. The number of piperazine rings is 1. The third kappa shape index (κ3) is 4.15. The SMILES string of the molecule is Cc1cc(C)c2nc(N3CCN(C(=O)CSc4ccc(F)cc4)CC3)sc2c1. The van der Waals surface area contributed by atoms with Crippen LogP contribution in [-0.2, 0) is 4.79 Å². The highest BCUT2D eigenvalue weighted by Gasteiger charge is 2.23. The molecule has 0 atom stereocenters. The number of carbonyl (C=O) groups is 1. The van der Waals surface area contributed by atoms with Gasteiger partial charge in [-0.15, -0.1) is 11.8 Å². The fraction of sp³-hybridized carbons (Fsp3) is 0.333. The van der Waals surface area contributed by atoms with E-state index in [2.05, 4.69) is 30.9 Å². The molecule has 0 bridgehead atoms. The molecule has 4 rings (SSSR count). The zero-order valence-electron chi connectivity index (χ0n) is 15.9. The maximum Gasteiger partial charge on any atom is 0.233 e. The summed E-state index contributed by atoms with van der Waals surface area (Å²) >= 11 is 3.18.